The molecule has 17 rings (SSSR count). The second kappa shape index (κ2) is 54.3. The third-order valence-electron chi connectivity index (χ3n) is 32.9. The molecule has 144 heavy (non-hydrogen) atoms. The molecular formula is C134H182O10. The summed E-state index contributed by atoms with van der Waals surface area (Å²) in [7, 11) is 0. The van der Waals surface area contributed by atoms with Crippen molar-refractivity contribution in [1.29, 1.82) is 0 Å². The summed E-state index contributed by atoms with van der Waals surface area (Å²) in [5.74, 6) is 8.53. The summed E-state index contributed by atoms with van der Waals surface area (Å²) >= 11 is 0. The van der Waals surface area contributed by atoms with Crippen LogP contribution in [0, 0.1) is 0 Å². The molecule has 0 spiro atoms. The molecule has 0 atom stereocenters. The van der Waals surface area contributed by atoms with Gasteiger partial charge in [-0.25, -0.2) is 0 Å². The van der Waals surface area contributed by atoms with Gasteiger partial charge in [-0.1, -0.05) is 415 Å². The maximum atomic E-state index is 7.97. The van der Waals surface area contributed by atoms with Crippen molar-refractivity contribution in [3.05, 3.63) is 72.8 Å². The van der Waals surface area contributed by atoms with E-state index in [-0.39, 0.29) is 0 Å². The van der Waals surface area contributed by atoms with Gasteiger partial charge in [0.05, 0.1) is 66.1 Å². The normalized spacial score (nSPS) is 12.5. The van der Waals surface area contributed by atoms with Gasteiger partial charge in [0.15, 0.2) is 46.0 Å². The van der Waals surface area contributed by atoms with Crippen molar-refractivity contribution in [2.24, 2.45) is 0 Å². The third-order valence-corrected chi connectivity index (χ3v) is 32.9. The predicted octanol–water partition coefficient (Wildman–Crippen LogP) is 43.0. The number of hydrogen-bond donors (Lipinski definition) is 0. The monoisotopic (exact) mass is 1950 g/mol. The molecule has 0 N–H and O–H groups in total. The fourth-order valence-electron chi connectivity index (χ4n) is 25.2. The van der Waals surface area contributed by atoms with Crippen LogP contribution in [0.25, 0.3) is 172 Å². The lowest BCUT2D eigenvalue weighted by atomic mass is 9.71. The minimum Gasteiger partial charge on any atom is -0.493 e. The molecule has 778 valence electrons. The molecule has 0 aliphatic carbocycles. The van der Waals surface area contributed by atoms with E-state index in [0.29, 0.717) is 66.1 Å². The quantitative estimate of drug-likeness (QED) is 0.0208. The zero-order chi connectivity index (χ0) is 99.3. The number of rotatable bonds is 80. The Labute approximate surface area is 865 Å². The lowest BCUT2D eigenvalue weighted by Crippen LogP contribution is -2.08. The Bertz CT molecular complexity index is 6310. The van der Waals surface area contributed by atoms with Gasteiger partial charge in [-0.15, -0.1) is 0 Å². The lowest BCUT2D eigenvalue weighted by Gasteiger charge is -2.32. The van der Waals surface area contributed by atoms with Gasteiger partial charge < -0.3 is 47.4 Å². The molecule has 0 aliphatic heterocycles. The van der Waals surface area contributed by atoms with Crippen LogP contribution >= 0.6 is 0 Å². The fraction of sp³-hybridized carbons (Fsp3) is 0.597. The predicted molar refractivity (Wildman–Crippen MR) is 625 cm³/mol. The molecule has 0 heterocycles. The molecular weight excluding hydrogens is 1770 g/mol. The summed E-state index contributed by atoms with van der Waals surface area (Å²) in [6.45, 7) is 29.2. The van der Waals surface area contributed by atoms with E-state index in [1.807, 2.05) is 0 Å². The summed E-state index contributed by atoms with van der Waals surface area (Å²) in [6.07, 6.45) is 70.1. The second-order valence-corrected chi connectivity index (χ2v) is 44.0. The highest BCUT2D eigenvalue weighted by atomic mass is 16.5. The fourth-order valence-corrected chi connectivity index (χ4v) is 25.2. The van der Waals surface area contributed by atoms with E-state index in [1.54, 1.807) is 0 Å². The van der Waals surface area contributed by atoms with E-state index in [2.05, 4.69) is 142 Å². The van der Waals surface area contributed by atoms with Gasteiger partial charge in [0.2, 0.25) is 0 Å². The molecule has 0 saturated carbocycles. The average molecular weight is 1950 g/mol. The molecule has 0 saturated heterocycles. The van der Waals surface area contributed by atoms with E-state index in [4.69, 9.17) is 47.4 Å². The first-order valence-corrected chi connectivity index (χ1v) is 60.4. The molecule has 0 aromatic heterocycles. The first-order chi connectivity index (χ1) is 71.3. The van der Waals surface area contributed by atoms with Crippen LogP contribution in [0.3, 0.4) is 0 Å². The van der Waals surface area contributed by atoms with Crippen molar-refractivity contribution in [3.8, 4) is 57.5 Å². The molecule has 0 unspecified atom stereocenters. The number of ether oxygens (including phenoxy) is 10. The van der Waals surface area contributed by atoms with Crippen LogP contribution in [0.2, 0.25) is 0 Å². The van der Waals surface area contributed by atoms with Gasteiger partial charge in [0.1, 0.15) is 11.5 Å². The zero-order valence-corrected chi connectivity index (χ0v) is 91.5. The van der Waals surface area contributed by atoms with Crippen molar-refractivity contribution < 1.29 is 47.4 Å². The van der Waals surface area contributed by atoms with Gasteiger partial charge in [0, 0.05) is 53.9 Å². The maximum absolute atomic E-state index is 7.97. The molecule has 0 bridgehead atoms. The maximum Gasteiger partial charge on any atom is 0.169 e. The molecule has 10 nitrogen and oxygen atoms in total. The van der Waals surface area contributed by atoms with E-state index in [9.17, 15) is 0 Å². The Kier molecular flexibility index (Phi) is 40.0. The van der Waals surface area contributed by atoms with Gasteiger partial charge in [-0.05, 0) is 231 Å². The van der Waals surface area contributed by atoms with E-state index in [1.165, 1.54) is 386 Å². The highest BCUT2D eigenvalue weighted by Crippen LogP contribution is 2.67. The summed E-state index contributed by atoms with van der Waals surface area (Å²) in [6, 6.07) is 29.9. The van der Waals surface area contributed by atoms with E-state index in [0.717, 1.165) is 229 Å². The number of benzene rings is 17. The zero-order valence-electron chi connectivity index (χ0n) is 91.5. The van der Waals surface area contributed by atoms with Crippen molar-refractivity contribution >= 4 is 172 Å². The van der Waals surface area contributed by atoms with E-state index < -0.39 is 0 Å². The first-order valence-electron chi connectivity index (χ1n) is 60.4. The highest BCUT2D eigenvalue weighted by Gasteiger charge is 2.39. The Morgan fingerprint density at radius 3 is 0.486 bits per heavy atom. The molecule has 10 heteroatoms. The standard InChI is InChI=1S/C134H182O10/c1-11-21-31-41-51-61-75-135-105-85-97-93-71-73-95-99-89-111(141-81-67-57-47-37-27-17-7)134(144-84-70-60-50-40-30-20-10)124-104-92-110(140-80-66-56-46-36-26-16-6)114-102-88-108(138-78-64-54-44-34-24-14-4)106(136-76-62-52-42-32-22-12-2)86-98(102)94-72-74-96-100-90-112(142-82-68-58-48-38-28-18-8)133(143-83-69-59-49-39-29-19-9)123-103-91-109(139-79-65-55-45-35-25-15-5)113(101(97)87-107(105)137-77-63-53-43-33-23-13-3)125-115(93)117(95)127-129(119(99)124)132-122(104)126(114)116(94)118(96)128(132)130(120(100)123)131(127)121(103)125/h71-74,85-92H,11-70,75-84H2,1-10H3. The van der Waals surface area contributed by atoms with Crippen LogP contribution in [0.4, 0.5) is 0 Å². The van der Waals surface area contributed by atoms with Crippen molar-refractivity contribution in [1.82, 2.24) is 0 Å². The number of hydrogen-bond acceptors (Lipinski definition) is 10. The SMILES string of the molecule is CCCCCCCCOc1cc2c(cc1OCCCCCCCC)c1c(OCCCCCCCC)cc3c4c(OCCCCCCCC)c(OCCCCCCCC)cc5c6ccc7c8cc(OCCCCCCCC)c(OCCCCCCCC)cc8c8c(OCCCCCCCC)cc9c%10c(OCCCCCCCC)c(OCCCCCCCC)cc%11c%12ccc2c2c%12c%12c(c%11%10)c%10c9c8c7c6c%10c(c54)c%12c3c12. The number of fused-ring (bicyclic) bond motifs is 10. The van der Waals surface area contributed by atoms with Crippen LogP contribution in [0.15, 0.2) is 72.8 Å². The minimum atomic E-state index is 0.576. The summed E-state index contributed by atoms with van der Waals surface area (Å²) in [4.78, 5) is 0. The molecule has 0 aliphatic rings. The van der Waals surface area contributed by atoms with Crippen molar-refractivity contribution in [3.63, 3.8) is 0 Å². The summed E-state index contributed by atoms with van der Waals surface area (Å²) < 4.78 is 76.9. The van der Waals surface area contributed by atoms with E-state index >= 15 is 0 Å². The van der Waals surface area contributed by atoms with Crippen LogP contribution in [0.5, 0.6) is 57.5 Å². The van der Waals surface area contributed by atoms with Gasteiger partial charge in [0.25, 0.3) is 0 Å². The van der Waals surface area contributed by atoms with Crippen LogP contribution < -0.4 is 47.4 Å². The molecule has 0 fully saturated rings. The molecule has 17 aromatic rings. The van der Waals surface area contributed by atoms with Gasteiger partial charge in [-0.3, -0.25) is 0 Å². The summed E-state index contributed by atoms with van der Waals surface area (Å²) in [5, 5.41) is 39.3. The molecule has 0 amide bonds. The van der Waals surface area contributed by atoms with Crippen molar-refractivity contribution in [2.45, 2.75) is 454 Å². The Morgan fingerprint density at radius 1 is 0.111 bits per heavy atom. The third kappa shape index (κ3) is 23.3. The topological polar surface area (TPSA) is 92.3 Å². The van der Waals surface area contributed by atoms with Gasteiger partial charge in [-0.2, -0.15) is 0 Å². The molecule has 0 radical (unpaired) electrons. The molecule has 17 aromatic carbocycles. The Morgan fingerprint density at radius 2 is 0.257 bits per heavy atom. The van der Waals surface area contributed by atoms with Crippen LogP contribution in [0.1, 0.15) is 454 Å². The minimum absolute atomic E-state index is 0.576. The van der Waals surface area contributed by atoms with Crippen LogP contribution in [-0.2, 0) is 0 Å². The Hall–Kier alpha value is -9.02. The second-order valence-electron chi connectivity index (χ2n) is 44.0. The number of unbranched alkanes of at least 4 members (excludes halogenated alkanes) is 50. The average Bonchev–Trinajstić information content (AvgIpc) is 0.629. The Balaban J connectivity index is 1.07. The first kappa shape index (κ1) is 106. The van der Waals surface area contributed by atoms with Crippen LogP contribution in [-0.4, -0.2) is 66.1 Å². The van der Waals surface area contributed by atoms with Crippen molar-refractivity contribution in [2.75, 3.05) is 66.1 Å². The largest absolute Gasteiger partial charge is 0.493 e. The highest BCUT2D eigenvalue weighted by molar-refractivity contribution is 6.65. The summed E-state index contributed by atoms with van der Waals surface area (Å²) in [5.41, 5.74) is 0. The lowest BCUT2D eigenvalue weighted by molar-refractivity contribution is 0.259. The van der Waals surface area contributed by atoms with Gasteiger partial charge >= 0.3 is 0 Å². The smallest absolute Gasteiger partial charge is 0.169 e.